The molecule has 0 unspecified atom stereocenters. The molecule has 66 valence electrons. The minimum atomic E-state index is 0.173. The third kappa shape index (κ3) is 2.71. The van der Waals surface area contributed by atoms with Gasteiger partial charge in [-0.05, 0) is 13.5 Å². The van der Waals surface area contributed by atoms with Crippen LogP contribution in [0.25, 0.3) is 0 Å². The van der Waals surface area contributed by atoms with Crippen LogP contribution in [0.3, 0.4) is 0 Å². The molecule has 0 saturated carbocycles. The van der Waals surface area contributed by atoms with E-state index in [2.05, 4.69) is 4.98 Å². The summed E-state index contributed by atoms with van der Waals surface area (Å²) >= 11 is 1.53. The summed E-state index contributed by atoms with van der Waals surface area (Å²) in [4.78, 5) is 15.3. The number of ketones is 1. The summed E-state index contributed by atoms with van der Waals surface area (Å²) in [5.41, 5.74) is 6.23. The highest BCUT2D eigenvalue weighted by Gasteiger charge is 2.05. The Morgan fingerprint density at radius 2 is 2.50 bits per heavy atom. The largest absolute Gasteiger partial charge is 0.330 e. The van der Waals surface area contributed by atoms with Gasteiger partial charge in [-0.2, -0.15) is 0 Å². The molecule has 2 N–H and O–H groups in total. The molecule has 0 spiro atoms. The second kappa shape index (κ2) is 4.33. The van der Waals surface area contributed by atoms with Gasteiger partial charge in [0.2, 0.25) is 0 Å². The summed E-state index contributed by atoms with van der Waals surface area (Å²) in [7, 11) is 0. The van der Waals surface area contributed by atoms with Crippen LogP contribution in [-0.2, 0) is 11.2 Å². The number of aryl methyl sites for hydroxylation is 1. The van der Waals surface area contributed by atoms with Crippen molar-refractivity contribution >= 4 is 17.1 Å². The zero-order valence-electron chi connectivity index (χ0n) is 7.04. The highest BCUT2D eigenvalue weighted by Crippen LogP contribution is 2.09. The molecule has 1 rings (SSSR count). The van der Waals surface area contributed by atoms with Crippen LogP contribution in [0.1, 0.15) is 17.1 Å². The average molecular weight is 184 g/mol. The first-order valence-electron chi connectivity index (χ1n) is 3.85. The Bertz CT molecular complexity index is 270. The van der Waals surface area contributed by atoms with E-state index < -0.39 is 0 Å². The summed E-state index contributed by atoms with van der Waals surface area (Å²) in [6.45, 7) is 2.36. The van der Waals surface area contributed by atoms with Crippen LogP contribution in [-0.4, -0.2) is 17.3 Å². The van der Waals surface area contributed by atoms with E-state index in [0.29, 0.717) is 19.4 Å². The lowest BCUT2D eigenvalue weighted by Gasteiger charge is -1.93. The maximum Gasteiger partial charge on any atom is 0.140 e. The molecule has 0 fully saturated rings. The molecule has 0 radical (unpaired) electrons. The van der Waals surface area contributed by atoms with Crippen LogP contribution in [0, 0.1) is 6.92 Å². The molecule has 0 bridgehead atoms. The molecule has 0 aromatic carbocycles. The maximum atomic E-state index is 11.1. The topological polar surface area (TPSA) is 56.0 Å². The zero-order chi connectivity index (χ0) is 8.97. The standard InChI is InChI=1S/C8H12N2OS/c1-6-5-12-8(10-6)4-7(11)2-3-9/h5H,2-4,9H2,1H3. The van der Waals surface area contributed by atoms with Gasteiger partial charge in [-0.15, -0.1) is 11.3 Å². The smallest absolute Gasteiger partial charge is 0.140 e. The maximum absolute atomic E-state index is 11.1. The normalized spacial score (nSPS) is 10.2. The van der Waals surface area contributed by atoms with Gasteiger partial charge in [0.15, 0.2) is 0 Å². The zero-order valence-corrected chi connectivity index (χ0v) is 7.86. The van der Waals surface area contributed by atoms with Crippen molar-refractivity contribution in [1.29, 1.82) is 0 Å². The second-order valence-corrected chi connectivity index (χ2v) is 3.58. The summed E-state index contributed by atoms with van der Waals surface area (Å²) in [6, 6.07) is 0. The lowest BCUT2D eigenvalue weighted by atomic mass is 10.2. The number of thiazole rings is 1. The predicted molar refractivity (Wildman–Crippen MR) is 49.2 cm³/mol. The predicted octanol–water partition coefficient (Wildman–Crippen LogP) is 0.912. The third-order valence-corrected chi connectivity index (χ3v) is 2.40. The van der Waals surface area contributed by atoms with E-state index in [1.165, 1.54) is 11.3 Å². The minimum absolute atomic E-state index is 0.173. The molecule has 3 nitrogen and oxygen atoms in total. The van der Waals surface area contributed by atoms with Crippen LogP contribution in [0.15, 0.2) is 5.38 Å². The monoisotopic (exact) mass is 184 g/mol. The quantitative estimate of drug-likeness (QED) is 0.756. The van der Waals surface area contributed by atoms with E-state index in [0.717, 1.165) is 10.7 Å². The van der Waals surface area contributed by atoms with Crippen molar-refractivity contribution < 1.29 is 4.79 Å². The van der Waals surface area contributed by atoms with Gasteiger partial charge >= 0.3 is 0 Å². The van der Waals surface area contributed by atoms with Gasteiger partial charge in [-0.25, -0.2) is 4.98 Å². The molecule has 0 atom stereocenters. The molecule has 0 aliphatic carbocycles. The fourth-order valence-corrected chi connectivity index (χ4v) is 1.70. The molecular formula is C8H12N2OS. The molecule has 12 heavy (non-hydrogen) atoms. The summed E-state index contributed by atoms with van der Waals surface area (Å²) in [6.07, 6.45) is 0.897. The number of hydrogen-bond acceptors (Lipinski definition) is 4. The Labute approximate surface area is 75.6 Å². The molecule has 1 heterocycles. The lowest BCUT2D eigenvalue weighted by Crippen LogP contribution is -2.09. The Kier molecular flexibility index (Phi) is 3.37. The van der Waals surface area contributed by atoms with Crippen LogP contribution in [0.4, 0.5) is 0 Å². The van der Waals surface area contributed by atoms with E-state index in [4.69, 9.17) is 5.73 Å². The van der Waals surface area contributed by atoms with Crippen LogP contribution >= 0.6 is 11.3 Å². The van der Waals surface area contributed by atoms with E-state index in [1.807, 2.05) is 12.3 Å². The highest BCUT2D eigenvalue weighted by atomic mass is 32.1. The second-order valence-electron chi connectivity index (χ2n) is 2.64. The number of Topliss-reactive ketones (excluding diaryl/α,β-unsaturated/α-hetero) is 1. The molecule has 0 aliphatic heterocycles. The number of hydrogen-bond donors (Lipinski definition) is 1. The highest BCUT2D eigenvalue weighted by molar-refractivity contribution is 7.09. The fourth-order valence-electron chi connectivity index (χ4n) is 0.902. The van der Waals surface area contributed by atoms with Crippen LogP contribution < -0.4 is 5.73 Å². The Balaban J connectivity index is 2.46. The molecule has 1 aromatic heterocycles. The first kappa shape index (κ1) is 9.35. The minimum Gasteiger partial charge on any atom is -0.330 e. The Morgan fingerprint density at radius 1 is 1.75 bits per heavy atom. The van der Waals surface area contributed by atoms with Crippen molar-refractivity contribution in [2.75, 3.05) is 6.54 Å². The van der Waals surface area contributed by atoms with Gasteiger partial charge in [0.25, 0.3) is 0 Å². The van der Waals surface area contributed by atoms with E-state index >= 15 is 0 Å². The van der Waals surface area contributed by atoms with Gasteiger partial charge in [0.1, 0.15) is 10.8 Å². The van der Waals surface area contributed by atoms with Crippen LogP contribution in [0.2, 0.25) is 0 Å². The summed E-state index contributed by atoms with van der Waals surface area (Å²) in [5, 5.41) is 2.84. The number of nitrogens with zero attached hydrogens (tertiary/aromatic N) is 1. The molecule has 0 amide bonds. The first-order chi connectivity index (χ1) is 5.72. The number of aromatic nitrogens is 1. The van der Waals surface area contributed by atoms with Crippen molar-refractivity contribution in [1.82, 2.24) is 4.98 Å². The van der Waals surface area contributed by atoms with Crippen LogP contribution in [0.5, 0.6) is 0 Å². The van der Waals surface area contributed by atoms with Crippen molar-refractivity contribution in [3.8, 4) is 0 Å². The molecule has 1 aromatic rings. The third-order valence-electron chi connectivity index (χ3n) is 1.44. The average Bonchev–Trinajstić information content (AvgIpc) is 2.36. The van der Waals surface area contributed by atoms with Crippen molar-refractivity contribution in [3.63, 3.8) is 0 Å². The van der Waals surface area contributed by atoms with E-state index in [9.17, 15) is 4.79 Å². The SMILES string of the molecule is Cc1csc(CC(=O)CCN)n1. The first-order valence-corrected chi connectivity index (χ1v) is 4.73. The van der Waals surface area contributed by atoms with Gasteiger partial charge in [-0.3, -0.25) is 4.79 Å². The Hall–Kier alpha value is -0.740. The molecule has 4 heteroatoms. The number of carbonyl (C=O) groups excluding carboxylic acids is 1. The van der Waals surface area contributed by atoms with Crippen molar-refractivity contribution in [2.24, 2.45) is 5.73 Å². The van der Waals surface area contributed by atoms with Gasteiger partial charge in [-0.1, -0.05) is 0 Å². The molecule has 0 aliphatic rings. The number of nitrogens with two attached hydrogens (primary N) is 1. The van der Waals surface area contributed by atoms with E-state index in [1.54, 1.807) is 0 Å². The van der Waals surface area contributed by atoms with Crippen molar-refractivity contribution in [3.05, 3.63) is 16.1 Å². The van der Waals surface area contributed by atoms with Gasteiger partial charge in [0.05, 0.1) is 6.42 Å². The Morgan fingerprint density at radius 3 is 3.00 bits per heavy atom. The summed E-state index contributed by atoms with van der Waals surface area (Å²) < 4.78 is 0. The fraction of sp³-hybridized carbons (Fsp3) is 0.500. The van der Waals surface area contributed by atoms with Gasteiger partial charge < -0.3 is 5.73 Å². The molecule has 0 saturated heterocycles. The number of carbonyl (C=O) groups is 1. The lowest BCUT2D eigenvalue weighted by molar-refractivity contribution is -0.118. The van der Waals surface area contributed by atoms with E-state index in [-0.39, 0.29) is 5.78 Å². The molecular weight excluding hydrogens is 172 g/mol. The summed E-state index contributed by atoms with van der Waals surface area (Å²) in [5.74, 6) is 0.173. The van der Waals surface area contributed by atoms with Gasteiger partial charge in [0, 0.05) is 17.5 Å². The van der Waals surface area contributed by atoms with Crippen molar-refractivity contribution in [2.45, 2.75) is 19.8 Å². The number of rotatable bonds is 4.